The molecule has 0 bridgehead atoms. The van der Waals surface area contributed by atoms with Crippen LogP contribution in [-0.2, 0) is 0 Å². The maximum Gasteiger partial charge on any atom is 0.245 e. The van der Waals surface area contributed by atoms with Gasteiger partial charge >= 0.3 is 0 Å². The Morgan fingerprint density at radius 3 is 3.19 bits per heavy atom. The first-order valence-electron chi connectivity index (χ1n) is 7.19. The second-order valence-corrected chi connectivity index (χ2v) is 5.39. The molecule has 1 aliphatic heterocycles. The van der Waals surface area contributed by atoms with E-state index in [4.69, 9.17) is 0 Å². The lowest BCUT2D eigenvalue weighted by atomic mass is 9.98. The van der Waals surface area contributed by atoms with E-state index < -0.39 is 0 Å². The number of H-pyrrole nitrogens is 1. The van der Waals surface area contributed by atoms with E-state index in [1.807, 2.05) is 7.05 Å². The molecular weight excluding hydrogens is 271 g/mol. The maximum absolute atomic E-state index is 13.2. The van der Waals surface area contributed by atoms with Gasteiger partial charge in [0.2, 0.25) is 5.95 Å². The number of nitrogens with zero attached hydrogens (tertiary/aromatic N) is 4. The number of anilines is 1. The number of halogens is 1. The van der Waals surface area contributed by atoms with Gasteiger partial charge in [-0.05, 0) is 38.4 Å². The van der Waals surface area contributed by atoms with Gasteiger partial charge in [0.1, 0.15) is 5.82 Å². The summed E-state index contributed by atoms with van der Waals surface area (Å²) >= 11 is 0. The summed E-state index contributed by atoms with van der Waals surface area (Å²) < 4.78 is 13.2. The third kappa shape index (κ3) is 3.18. The van der Waals surface area contributed by atoms with Gasteiger partial charge < -0.3 is 10.2 Å². The molecule has 3 rings (SSSR count). The lowest BCUT2D eigenvalue weighted by molar-refractivity contribution is 0.399. The minimum Gasteiger partial charge on any atom is -0.339 e. The predicted octanol–water partition coefficient (Wildman–Crippen LogP) is 1.44. The largest absolute Gasteiger partial charge is 0.339 e. The summed E-state index contributed by atoms with van der Waals surface area (Å²) in [4.78, 5) is 10.5. The third-order valence-electron chi connectivity index (χ3n) is 3.75. The van der Waals surface area contributed by atoms with Gasteiger partial charge in [0.15, 0.2) is 5.82 Å². The molecule has 1 atom stereocenters. The van der Waals surface area contributed by atoms with Gasteiger partial charge in [-0.1, -0.05) is 0 Å². The van der Waals surface area contributed by atoms with Crippen molar-refractivity contribution >= 4 is 5.95 Å². The van der Waals surface area contributed by atoms with E-state index in [1.165, 1.54) is 18.7 Å². The van der Waals surface area contributed by atoms with Crippen LogP contribution < -0.4 is 10.2 Å². The van der Waals surface area contributed by atoms with Gasteiger partial charge in [0.25, 0.3) is 0 Å². The first kappa shape index (κ1) is 13.9. The highest BCUT2D eigenvalue weighted by molar-refractivity contribution is 5.54. The minimum absolute atomic E-state index is 0.377. The molecule has 0 saturated carbocycles. The molecule has 1 unspecified atom stereocenters. The van der Waals surface area contributed by atoms with Crippen LogP contribution in [-0.4, -0.2) is 46.8 Å². The van der Waals surface area contributed by atoms with Crippen LogP contribution in [0.3, 0.4) is 0 Å². The second-order valence-electron chi connectivity index (χ2n) is 5.39. The fourth-order valence-corrected chi connectivity index (χ4v) is 2.77. The first-order valence-corrected chi connectivity index (χ1v) is 7.19. The van der Waals surface area contributed by atoms with Crippen molar-refractivity contribution in [2.75, 3.05) is 31.6 Å². The molecule has 2 N–H and O–H groups in total. The van der Waals surface area contributed by atoms with Crippen LogP contribution in [0.1, 0.15) is 12.8 Å². The maximum atomic E-state index is 13.2. The van der Waals surface area contributed by atoms with Gasteiger partial charge in [0.05, 0.1) is 6.20 Å². The van der Waals surface area contributed by atoms with Gasteiger partial charge in [-0.3, -0.25) is 10.1 Å². The Labute approximate surface area is 122 Å². The van der Waals surface area contributed by atoms with Crippen LogP contribution in [0, 0.1) is 11.7 Å². The highest BCUT2D eigenvalue weighted by Crippen LogP contribution is 2.22. The van der Waals surface area contributed by atoms with Crippen molar-refractivity contribution < 1.29 is 4.39 Å². The molecule has 0 radical (unpaired) electrons. The van der Waals surface area contributed by atoms with Crippen LogP contribution in [0.4, 0.5) is 10.3 Å². The van der Waals surface area contributed by atoms with Crippen molar-refractivity contribution in [2.45, 2.75) is 12.8 Å². The van der Waals surface area contributed by atoms with Crippen molar-refractivity contribution in [3.63, 3.8) is 0 Å². The third-order valence-corrected chi connectivity index (χ3v) is 3.75. The fraction of sp³-hybridized carbons (Fsp3) is 0.500. The average Bonchev–Trinajstić information content (AvgIpc) is 2.98. The van der Waals surface area contributed by atoms with Gasteiger partial charge in [-0.25, -0.2) is 4.39 Å². The van der Waals surface area contributed by atoms with E-state index in [0.29, 0.717) is 23.3 Å². The number of pyridine rings is 1. The molecule has 6 nitrogen and oxygen atoms in total. The zero-order valence-corrected chi connectivity index (χ0v) is 12.0. The summed E-state index contributed by atoms with van der Waals surface area (Å²) in [6, 6.07) is 1.40. The van der Waals surface area contributed by atoms with Crippen molar-refractivity contribution in [3.05, 3.63) is 24.3 Å². The standard InChI is InChI=1S/C14H19FN6/c1-16-6-10-3-2-4-21(9-10)14-18-13(19-20-14)11-5-12(15)8-17-7-11/h5,7-8,10,16H,2-4,6,9H2,1H3,(H,18,19,20). The molecule has 0 aromatic carbocycles. The monoisotopic (exact) mass is 290 g/mol. The number of piperidine rings is 1. The van der Waals surface area contributed by atoms with Crippen LogP contribution in [0.15, 0.2) is 18.5 Å². The summed E-state index contributed by atoms with van der Waals surface area (Å²) in [5, 5.41) is 10.3. The van der Waals surface area contributed by atoms with Gasteiger partial charge in [-0.15, -0.1) is 5.10 Å². The van der Waals surface area contributed by atoms with Crippen molar-refractivity contribution in [3.8, 4) is 11.4 Å². The quantitative estimate of drug-likeness (QED) is 0.891. The summed E-state index contributed by atoms with van der Waals surface area (Å²) in [7, 11) is 1.97. The number of hydrogen-bond donors (Lipinski definition) is 2. The van der Waals surface area contributed by atoms with E-state index in [9.17, 15) is 4.39 Å². The highest BCUT2D eigenvalue weighted by atomic mass is 19.1. The highest BCUT2D eigenvalue weighted by Gasteiger charge is 2.22. The zero-order chi connectivity index (χ0) is 14.7. The van der Waals surface area contributed by atoms with Crippen molar-refractivity contribution in [1.82, 2.24) is 25.5 Å². The van der Waals surface area contributed by atoms with Crippen LogP contribution >= 0.6 is 0 Å². The molecule has 0 spiro atoms. The molecule has 1 aliphatic rings. The summed E-state index contributed by atoms with van der Waals surface area (Å²) in [6.07, 6.45) is 5.11. The average molecular weight is 290 g/mol. The molecule has 2 aromatic heterocycles. The molecule has 1 fully saturated rings. The van der Waals surface area contributed by atoms with Crippen LogP contribution in [0.2, 0.25) is 0 Å². The van der Waals surface area contributed by atoms with E-state index in [-0.39, 0.29) is 5.82 Å². The Balaban J connectivity index is 1.75. The minimum atomic E-state index is -0.377. The molecule has 0 amide bonds. The lowest BCUT2D eigenvalue weighted by Gasteiger charge is -2.31. The number of aromatic amines is 1. The normalized spacial score (nSPS) is 19.0. The molecule has 0 aliphatic carbocycles. The van der Waals surface area contributed by atoms with Crippen molar-refractivity contribution in [2.24, 2.45) is 5.92 Å². The Morgan fingerprint density at radius 1 is 1.48 bits per heavy atom. The van der Waals surface area contributed by atoms with Gasteiger partial charge in [0, 0.05) is 24.8 Å². The molecular formula is C14H19FN6. The topological polar surface area (TPSA) is 69.7 Å². The van der Waals surface area contributed by atoms with E-state index in [0.717, 1.165) is 26.1 Å². The molecule has 112 valence electrons. The van der Waals surface area contributed by atoms with Crippen LogP contribution in [0.5, 0.6) is 0 Å². The Hall–Kier alpha value is -2.02. The number of rotatable bonds is 4. The predicted molar refractivity (Wildman–Crippen MR) is 78.4 cm³/mol. The van der Waals surface area contributed by atoms with E-state index in [2.05, 4.69) is 30.4 Å². The molecule has 21 heavy (non-hydrogen) atoms. The smallest absolute Gasteiger partial charge is 0.245 e. The molecule has 7 heteroatoms. The SMILES string of the molecule is CNCC1CCCN(c2n[nH]c(-c3cncc(F)c3)n2)C1. The lowest BCUT2D eigenvalue weighted by Crippen LogP contribution is -2.39. The fourth-order valence-electron chi connectivity index (χ4n) is 2.77. The van der Waals surface area contributed by atoms with Gasteiger partial charge in [-0.2, -0.15) is 4.98 Å². The Morgan fingerprint density at radius 2 is 2.38 bits per heavy atom. The molecule has 2 aromatic rings. The van der Waals surface area contributed by atoms with Crippen LogP contribution in [0.25, 0.3) is 11.4 Å². The Kier molecular flexibility index (Phi) is 4.10. The number of nitrogens with one attached hydrogen (secondary N) is 2. The molecule has 1 saturated heterocycles. The van der Waals surface area contributed by atoms with Crippen molar-refractivity contribution in [1.29, 1.82) is 0 Å². The molecule has 3 heterocycles. The zero-order valence-electron chi connectivity index (χ0n) is 12.0. The van der Waals surface area contributed by atoms with E-state index in [1.54, 1.807) is 6.20 Å². The van der Waals surface area contributed by atoms with E-state index >= 15 is 0 Å². The first-order chi connectivity index (χ1) is 10.3. The Bertz CT molecular complexity index is 597. The summed E-state index contributed by atoms with van der Waals surface area (Å²) in [5.41, 5.74) is 0.609. The number of aromatic nitrogens is 4. The second kappa shape index (κ2) is 6.17. The summed E-state index contributed by atoms with van der Waals surface area (Å²) in [5.74, 6) is 1.46. The summed E-state index contributed by atoms with van der Waals surface area (Å²) in [6.45, 7) is 2.90. The number of hydrogen-bond acceptors (Lipinski definition) is 5.